The van der Waals surface area contributed by atoms with Crippen LogP contribution < -0.4 is 0 Å². The van der Waals surface area contributed by atoms with Crippen molar-refractivity contribution in [1.82, 2.24) is 4.98 Å². The molecule has 0 bridgehead atoms. The van der Waals surface area contributed by atoms with Crippen LogP contribution in [0, 0.1) is 29.9 Å². The second-order valence-corrected chi connectivity index (χ2v) is 8.02. The summed E-state index contributed by atoms with van der Waals surface area (Å²) in [5.41, 5.74) is 6.34. The Morgan fingerprint density at radius 3 is 2.48 bits per heavy atom. The first-order valence-electron chi connectivity index (χ1n) is 9.60. The van der Waals surface area contributed by atoms with E-state index in [0.29, 0.717) is 11.1 Å². The Kier molecular flexibility index (Phi) is 6.17. The molecule has 154 valence electrons. The molecule has 6 heteroatoms. The van der Waals surface area contributed by atoms with Gasteiger partial charge in [0.1, 0.15) is 17.7 Å². The number of hydrogen-bond acceptors (Lipinski definition) is 4. The van der Waals surface area contributed by atoms with Crippen molar-refractivity contribution in [2.24, 2.45) is 0 Å². The molecule has 1 atom stereocenters. The van der Waals surface area contributed by atoms with Crippen molar-refractivity contribution < 1.29 is 13.5 Å². The zero-order chi connectivity index (χ0) is 21.8. The molecule has 0 saturated carbocycles. The van der Waals surface area contributed by atoms with Crippen LogP contribution in [0.25, 0.3) is 11.1 Å². The number of ether oxygens (including phenoxy) is 1. The largest absolute Gasteiger partial charge is 0.363 e. The second-order valence-electron chi connectivity index (χ2n) is 7.10. The Labute approximate surface area is 183 Å². The molecule has 0 radical (unpaired) electrons. The van der Waals surface area contributed by atoms with Crippen LogP contribution in [0.2, 0.25) is 0 Å². The lowest BCUT2D eigenvalue weighted by Crippen LogP contribution is -2.06. The van der Waals surface area contributed by atoms with E-state index >= 15 is 0 Å². The molecule has 0 aliphatic heterocycles. The molecule has 1 aromatic heterocycles. The van der Waals surface area contributed by atoms with E-state index < -0.39 is 17.7 Å². The zero-order valence-corrected chi connectivity index (χ0v) is 17.5. The summed E-state index contributed by atoms with van der Waals surface area (Å²) in [5, 5.41) is 9.63. The minimum absolute atomic E-state index is 0.0247. The van der Waals surface area contributed by atoms with Gasteiger partial charge >= 0.3 is 0 Å². The zero-order valence-electron chi connectivity index (χ0n) is 16.7. The van der Waals surface area contributed by atoms with Gasteiger partial charge in [0.2, 0.25) is 0 Å². The van der Waals surface area contributed by atoms with E-state index in [-0.39, 0.29) is 6.61 Å². The summed E-state index contributed by atoms with van der Waals surface area (Å²) >= 11 is 1.43. The van der Waals surface area contributed by atoms with Gasteiger partial charge in [-0.1, -0.05) is 30.3 Å². The van der Waals surface area contributed by atoms with Crippen LogP contribution in [0.1, 0.15) is 33.2 Å². The first-order valence-corrected chi connectivity index (χ1v) is 10.5. The molecule has 1 heterocycles. The molecule has 0 aliphatic carbocycles. The molecule has 0 spiro atoms. The number of benzene rings is 3. The standard InChI is InChI=1S/C25H18F2N2OS/c1-16-4-2-3-5-22(16)23-10-18(6-7-19(23)12-28)25(24-13-29-15-31-24)30-14-17-8-20(26)11-21(27)9-17/h2-11,13,15,25H,14H2,1H3. The first-order chi connectivity index (χ1) is 15.0. The molecular weight excluding hydrogens is 414 g/mol. The van der Waals surface area contributed by atoms with E-state index in [9.17, 15) is 14.0 Å². The van der Waals surface area contributed by atoms with Crippen molar-refractivity contribution in [3.63, 3.8) is 0 Å². The number of halogens is 2. The minimum atomic E-state index is -0.645. The third kappa shape index (κ3) is 4.69. The molecular formula is C25H18F2N2OS. The normalized spacial score (nSPS) is 11.8. The fourth-order valence-electron chi connectivity index (χ4n) is 3.49. The van der Waals surface area contributed by atoms with Crippen LogP contribution in [-0.2, 0) is 11.3 Å². The highest BCUT2D eigenvalue weighted by atomic mass is 32.1. The van der Waals surface area contributed by atoms with Gasteiger partial charge in [-0.3, -0.25) is 4.98 Å². The lowest BCUT2D eigenvalue weighted by molar-refractivity contribution is 0.0686. The van der Waals surface area contributed by atoms with Crippen LogP contribution in [0.15, 0.2) is 72.4 Å². The van der Waals surface area contributed by atoms with E-state index in [4.69, 9.17) is 4.74 Å². The van der Waals surface area contributed by atoms with E-state index in [1.54, 1.807) is 17.8 Å². The van der Waals surface area contributed by atoms with Gasteiger partial charge in [0.15, 0.2) is 0 Å². The highest BCUT2D eigenvalue weighted by Crippen LogP contribution is 2.34. The monoisotopic (exact) mass is 432 g/mol. The molecule has 0 aliphatic rings. The maximum absolute atomic E-state index is 13.6. The lowest BCUT2D eigenvalue weighted by Gasteiger charge is -2.19. The topological polar surface area (TPSA) is 45.9 Å². The lowest BCUT2D eigenvalue weighted by atomic mass is 9.93. The third-order valence-electron chi connectivity index (χ3n) is 4.95. The van der Waals surface area contributed by atoms with Crippen molar-refractivity contribution in [2.75, 3.05) is 0 Å². The fraction of sp³-hybridized carbons (Fsp3) is 0.120. The summed E-state index contributed by atoms with van der Waals surface area (Å²) < 4.78 is 33.3. The van der Waals surface area contributed by atoms with Gasteiger partial charge in [0.05, 0.1) is 28.6 Å². The van der Waals surface area contributed by atoms with E-state index in [1.807, 2.05) is 43.3 Å². The molecule has 4 aromatic rings. The van der Waals surface area contributed by atoms with Crippen LogP contribution >= 0.6 is 11.3 Å². The molecule has 0 N–H and O–H groups in total. The molecule has 4 rings (SSSR count). The summed E-state index contributed by atoms with van der Waals surface area (Å²) in [7, 11) is 0. The number of aryl methyl sites for hydroxylation is 1. The van der Waals surface area contributed by atoms with Gasteiger partial charge in [0, 0.05) is 17.8 Å². The van der Waals surface area contributed by atoms with Crippen molar-refractivity contribution >= 4 is 11.3 Å². The minimum Gasteiger partial charge on any atom is -0.363 e. The van der Waals surface area contributed by atoms with Crippen molar-refractivity contribution in [3.8, 4) is 17.2 Å². The van der Waals surface area contributed by atoms with Gasteiger partial charge in [0.25, 0.3) is 0 Å². The van der Waals surface area contributed by atoms with Crippen LogP contribution in [0.5, 0.6) is 0 Å². The average Bonchev–Trinajstić information content (AvgIpc) is 3.28. The predicted molar refractivity (Wildman–Crippen MR) is 116 cm³/mol. The molecule has 0 saturated heterocycles. The smallest absolute Gasteiger partial charge is 0.126 e. The van der Waals surface area contributed by atoms with Crippen LogP contribution in [0.4, 0.5) is 8.78 Å². The molecule has 31 heavy (non-hydrogen) atoms. The quantitative estimate of drug-likeness (QED) is 0.346. The maximum Gasteiger partial charge on any atom is 0.126 e. The van der Waals surface area contributed by atoms with Crippen LogP contribution in [-0.4, -0.2) is 4.98 Å². The molecule has 1 unspecified atom stereocenters. The second kappa shape index (κ2) is 9.17. The van der Waals surface area contributed by atoms with Gasteiger partial charge in [-0.2, -0.15) is 5.26 Å². The SMILES string of the molecule is Cc1ccccc1-c1cc(C(OCc2cc(F)cc(F)c2)c2cncs2)ccc1C#N. The number of nitrogens with zero attached hydrogens (tertiary/aromatic N) is 2. The van der Waals surface area contributed by atoms with Gasteiger partial charge in [-0.25, -0.2) is 8.78 Å². The highest BCUT2D eigenvalue weighted by Gasteiger charge is 2.20. The molecule has 0 amide bonds. The Hall–Kier alpha value is -3.40. The van der Waals surface area contributed by atoms with Crippen molar-refractivity contribution in [1.29, 1.82) is 5.26 Å². The summed E-state index contributed by atoms with van der Waals surface area (Å²) in [6.07, 6.45) is 1.22. The van der Waals surface area contributed by atoms with Crippen molar-refractivity contribution in [3.05, 3.63) is 111 Å². The summed E-state index contributed by atoms with van der Waals surface area (Å²) in [6, 6.07) is 19.0. The Morgan fingerprint density at radius 1 is 1.03 bits per heavy atom. The Morgan fingerprint density at radius 2 is 1.81 bits per heavy atom. The third-order valence-corrected chi connectivity index (χ3v) is 5.77. The summed E-state index contributed by atoms with van der Waals surface area (Å²) in [6.45, 7) is 2.02. The molecule has 3 aromatic carbocycles. The molecule has 0 fully saturated rings. The van der Waals surface area contributed by atoms with Gasteiger partial charge < -0.3 is 4.74 Å². The van der Waals surface area contributed by atoms with Crippen LogP contribution in [0.3, 0.4) is 0 Å². The Balaban J connectivity index is 1.73. The number of aromatic nitrogens is 1. The summed E-state index contributed by atoms with van der Waals surface area (Å²) in [5.74, 6) is -1.29. The van der Waals surface area contributed by atoms with E-state index in [0.717, 1.165) is 33.2 Å². The predicted octanol–water partition coefficient (Wildman–Crippen LogP) is 6.57. The number of thiazole rings is 1. The Bertz CT molecular complexity index is 1230. The van der Waals surface area contributed by atoms with E-state index in [2.05, 4.69) is 11.1 Å². The number of rotatable bonds is 6. The average molecular weight is 432 g/mol. The number of hydrogen-bond donors (Lipinski definition) is 0. The van der Waals surface area contributed by atoms with Crippen molar-refractivity contribution in [2.45, 2.75) is 19.6 Å². The van der Waals surface area contributed by atoms with Gasteiger partial charge in [-0.15, -0.1) is 11.3 Å². The molecule has 3 nitrogen and oxygen atoms in total. The highest BCUT2D eigenvalue weighted by molar-refractivity contribution is 7.09. The maximum atomic E-state index is 13.6. The summed E-state index contributed by atoms with van der Waals surface area (Å²) in [4.78, 5) is 5.01. The number of nitriles is 1. The fourth-order valence-corrected chi connectivity index (χ4v) is 4.18. The first kappa shape index (κ1) is 20.9. The van der Waals surface area contributed by atoms with Gasteiger partial charge in [-0.05, 0) is 53.4 Å². The van der Waals surface area contributed by atoms with E-state index in [1.165, 1.54) is 23.5 Å².